The lowest BCUT2D eigenvalue weighted by Gasteiger charge is -2.29. The maximum Gasteiger partial charge on any atom is 0.170 e. The molecule has 3 nitrogen and oxygen atoms in total. The molecule has 0 aliphatic heterocycles. The minimum atomic E-state index is 0.186. The number of nitrogens with zero attached hydrogens (tertiary/aromatic N) is 1. The molecule has 2 N–H and O–H groups in total. The molecular weight excluding hydrogens is 242 g/mol. The molecule has 4 heteroatoms. The van der Waals surface area contributed by atoms with Crippen LogP contribution in [-0.2, 0) is 0 Å². The third-order valence-electron chi connectivity index (χ3n) is 2.50. The minimum Gasteiger partial charge on any atom is -0.362 e. The first-order valence-corrected chi connectivity index (χ1v) is 6.54. The number of para-hydroxylation sites is 1. The van der Waals surface area contributed by atoms with E-state index < -0.39 is 0 Å². The van der Waals surface area contributed by atoms with Crippen molar-refractivity contribution in [2.75, 3.05) is 32.5 Å². The van der Waals surface area contributed by atoms with Crippen molar-refractivity contribution in [2.45, 2.75) is 13.8 Å². The zero-order chi connectivity index (χ0) is 13.6. The lowest BCUT2D eigenvalue weighted by atomic mass is 9.93. The summed E-state index contributed by atoms with van der Waals surface area (Å²) < 4.78 is 0. The molecule has 0 bridgehead atoms. The van der Waals surface area contributed by atoms with Gasteiger partial charge in [-0.1, -0.05) is 32.0 Å². The molecule has 0 amide bonds. The van der Waals surface area contributed by atoms with Gasteiger partial charge in [0.15, 0.2) is 5.11 Å². The molecule has 18 heavy (non-hydrogen) atoms. The maximum absolute atomic E-state index is 5.28. The number of rotatable bonds is 5. The number of anilines is 1. The average Bonchev–Trinajstić information content (AvgIpc) is 2.26. The Morgan fingerprint density at radius 1 is 1.22 bits per heavy atom. The van der Waals surface area contributed by atoms with E-state index in [4.69, 9.17) is 12.2 Å². The zero-order valence-electron chi connectivity index (χ0n) is 11.7. The van der Waals surface area contributed by atoms with Crippen LogP contribution in [0.25, 0.3) is 0 Å². The van der Waals surface area contributed by atoms with Crippen LogP contribution in [0.1, 0.15) is 13.8 Å². The van der Waals surface area contributed by atoms with Crippen molar-refractivity contribution in [1.82, 2.24) is 10.2 Å². The molecule has 0 unspecified atom stereocenters. The molecule has 1 rings (SSSR count). The first-order valence-electron chi connectivity index (χ1n) is 6.14. The summed E-state index contributed by atoms with van der Waals surface area (Å²) in [4.78, 5) is 2.19. The van der Waals surface area contributed by atoms with E-state index in [2.05, 4.69) is 43.5 Å². The zero-order valence-corrected chi connectivity index (χ0v) is 12.5. The van der Waals surface area contributed by atoms with Gasteiger partial charge in [-0.25, -0.2) is 0 Å². The minimum absolute atomic E-state index is 0.186. The largest absolute Gasteiger partial charge is 0.362 e. The molecule has 0 aliphatic rings. The average molecular weight is 265 g/mol. The van der Waals surface area contributed by atoms with E-state index in [0.717, 1.165) is 18.8 Å². The van der Waals surface area contributed by atoms with Crippen LogP contribution in [0.4, 0.5) is 5.69 Å². The van der Waals surface area contributed by atoms with Crippen molar-refractivity contribution >= 4 is 23.0 Å². The van der Waals surface area contributed by atoms with E-state index in [-0.39, 0.29) is 5.41 Å². The highest BCUT2D eigenvalue weighted by atomic mass is 32.1. The highest BCUT2D eigenvalue weighted by molar-refractivity contribution is 7.80. The van der Waals surface area contributed by atoms with E-state index in [0.29, 0.717) is 5.11 Å². The Hall–Kier alpha value is -1.13. The molecule has 0 fully saturated rings. The van der Waals surface area contributed by atoms with E-state index in [1.165, 1.54) is 0 Å². The lowest BCUT2D eigenvalue weighted by molar-refractivity contribution is 0.242. The Kier molecular flexibility index (Phi) is 5.56. The van der Waals surface area contributed by atoms with E-state index in [1.807, 2.05) is 30.3 Å². The van der Waals surface area contributed by atoms with E-state index in [1.54, 1.807) is 0 Å². The highest BCUT2D eigenvalue weighted by Gasteiger charge is 2.18. The van der Waals surface area contributed by atoms with Gasteiger partial charge < -0.3 is 15.5 Å². The Morgan fingerprint density at radius 2 is 1.83 bits per heavy atom. The van der Waals surface area contributed by atoms with Crippen molar-refractivity contribution in [3.8, 4) is 0 Å². The van der Waals surface area contributed by atoms with Gasteiger partial charge in [-0.2, -0.15) is 0 Å². The molecule has 100 valence electrons. The van der Waals surface area contributed by atoms with Crippen molar-refractivity contribution in [3.63, 3.8) is 0 Å². The number of nitrogens with one attached hydrogen (secondary N) is 2. The summed E-state index contributed by atoms with van der Waals surface area (Å²) in [5.74, 6) is 0. The van der Waals surface area contributed by atoms with Crippen LogP contribution in [0.15, 0.2) is 30.3 Å². The fourth-order valence-electron chi connectivity index (χ4n) is 1.93. The molecule has 0 saturated carbocycles. The van der Waals surface area contributed by atoms with Crippen molar-refractivity contribution in [1.29, 1.82) is 0 Å². The molecule has 0 atom stereocenters. The lowest BCUT2D eigenvalue weighted by Crippen LogP contribution is -2.41. The van der Waals surface area contributed by atoms with Crippen molar-refractivity contribution in [3.05, 3.63) is 30.3 Å². The maximum atomic E-state index is 5.28. The first-order chi connectivity index (χ1) is 8.39. The van der Waals surface area contributed by atoms with Crippen LogP contribution in [0.2, 0.25) is 0 Å². The Morgan fingerprint density at radius 3 is 2.39 bits per heavy atom. The third-order valence-corrected chi connectivity index (χ3v) is 2.75. The molecule has 0 aromatic heterocycles. The second-order valence-electron chi connectivity index (χ2n) is 5.58. The van der Waals surface area contributed by atoms with Crippen LogP contribution in [-0.4, -0.2) is 37.2 Å². The number of benzene rings is 1. The molecular formula is C14H23N3S. The van der Waals surface area contributed by atoms with Gasteiger partial charge in [-0.15, -0.1) is 0 Å². The van der Waals surface area contributed by atoms with Crippen LogP contribution in [0.3, 0.4) is 0 Å². The van der Waals surface area contributed by atoms with Gasteiger partial charge >= 0.3 is 0 Å². The third kappa shape index (κ3) is 5.98. The van der Waals surface area contributed by atoms with Gasteiger partial charge in [-0.05, 0) is 43.9 Å². The molecule has 1 aromatic carbocycles. The van der Waals surface area contributed by atoms with Gasteiger partial charge in [0.05, 0.1) is 0 Å². The molecule has 0 saturated heterocycles. The smallest absolute Gasteiger partial charge is 0.170 e. The summed E-state index contributed by atoms with van der Waals surface area (Å²) in [5.41, 5.74) is 1.20. The highest BCUT2D eigenvalue weighted by Crippen LogP contribution is 2.14. The summed E-state index contributed by atoms with van der Waals surface area (Å²) in [6, 6.07) is 9.96. The Balaban J connectivity index is 2.37. The summed E-state index contributed by atoms with van der Waals surface area (Å²) >= 11 is 5.28. The van der Waals surface area contributed by atoms with Gasteiger partial charge in [0.1, 0.15) is 0 Å². The Labute approximate surface area is 116 Å². The molecule has 0 spiro atoms. The van der Waals surface area contributed by atoms with Gasteiger partial charge in [0.25, 0.3) is 0 Å². The van der Waals surface area contributed by atoms with Crippen LogP contribution >= 0.6 is 12.2 Å². The second-order valence-corrected chi connectivity index (χ2v) is 5.98. The topological polar surface area (TPSA) is 27.3 Å². The molecule has 0 heterocycles. The Bertz CT molecular complexity index is 374. The number of hydrogen-bond donors (Lipinski definition) is 2. The quantitative estimate of drug-likeness (QED) is 0.800. The van der Waals surface area contributed by atoms with E-state index >= 15 is 0 Å². The van der Waals surface area contributed by atoms with Crippen molar-refractivity contribution < 1.29 is 0 Å². The summed E-state index contributed by atoms with van der Waals surface area (Å²) in [6.07, 6.45) is 0. The standard InChI is InChI=1S/C14H23N3S/c1-14(2,11-17(3)4)10-15-13(18)16-12-8-6-5-7-9-12/h5-9H,10-11H2,1-4H3,(H2,15,16,18). The number of thiocarbonyl (C=S) groups is 1. The molecule has 0 aliphatic carbocycles. The normalized spacial score (nSPS) is 11.4. The fraction of sp³-hybridized carbons (Fsp3) is 0.500. The predicted octanol–water partition coefficient (Wildman–Crippen LogP) is 2.56. The molecule has 0 radical (unpaired) electrons. The summed E-state index contributed by atoms with van der Waals surface area (Å²) in [6.45, 7) is 6.33. The van der Waals surface area contributed by atoms with E-state index in [9.17, 15) is 0 Å². The van der Waals surface area contributed by atoms with Crippen LogP contribution in [0.5, 0.6) is 0 Å². The first kappa shape index (κ1) is 14.9. The number of hydrogen-bond acceptors (Lipinski definition) is 2. The fourth-order valence-corrected chi connectivity index (χ4v) is 2.12. The predicted molar refractivity (Wildman–Crippen MR) is 83.0 cm³/mol. The van der Waals surface area contributed by atoms with Crippen LogP contribution < -0.4 is 10.6 Å². The summed E-state index contributed by atoms with van der Waals surface area (Å²) in [7, 11) is 4.17. The van der Waals surface area contributed by atoms with Gasteiger partial charge in [0, 0.05) is 18.8 Å². The van der Waals surface area contributed by atoms with Crippen LogP contribution in [0, 0.1) is 5.41 Å². The second kappa shape index (κ2) is 6.71. The van der Waals surface area contributed by atoms with Gasteiger partial charge in [-0.3, -0.25) is 0 Å². The monoisotopic (exact) mass is 265 g/mol. The SMILES string of the molecule is CN(C)CC(C)(C)CNC(=S)Nc1ccccc1. The molecule has 1 aromatic rings. The van der Waals surface area contributed by atoms with Gasteiger partial charge in [0.2, 0.25) is 0 Å². The van der Waals surface area contributed by atoms with Crippen molar-refractivity contribution in [2.24, 2.45) is 5.41 Å². The summed E-state index contributed by atoms with van der Waals surface area (Å²) in [5, 5.41) is 7.12.